The van der Waals surface area contributed by atoms with Gasteiger partial charge in [0.1, 0.15) is 34.5 Å². The molecular weight excluding hydrogens is 376 g/mol. The Balaban J connectivity index is 1.43. The zero-order valence-electron chi connectivity index (χ0n) is 16.5. The second-order valence-electron chi connectivity index (χ2n) is 7.06. The number of aromatic hydroxyl groups is 2. The van der Waals surface area contributed by atoms with Gasteiger partial charge in [0.15, 0.2) is 0 Å². The lowest BCUT2D eigenvalue weighted by molar-refractivity contribution is 0.454. The highest BCUT2D eigenvalue weighted by atomic mass is 16.5. The van der Waals surface area contributed by atoms with Gasteiger partial charge in [-0.05, 0) is 59.7 Å². The third-order valence-corrected chi connectivity index (χ3v) is 4.87. The lowest BCUT2D eigenvalue weighted by atomic mass is 9.93. The maximum atomic E-state index is 9.55. The third kappa shape index (κ3) is 4.73. The number of hydrogen-bond donors (Lipinski definition) is 2. The average Bonchev–Trinajstić information content (AvgIpc) is 2.74. The molecule has 150 valence electrons. The zero-order valence-corrected chi connectivity index (χ0v) is 16.5. The van der Waals surface area contributed by atoms with E-state index >= 15 is 0 Å². The first kappa shape index (κ1) is 19.4. The molecule has 0 unspecified atom stereocenters. The number of phenolic OH excluding ortho intramolecular Hbond substituents is 2. The van der Waals surface area contributed by atoms with Crippen molar-refractivity contribution < 1.29 is 19.7 Å². The van der Waals surface area contributed by atoms with Crippen LogP contribution in [0.15, 0.2) is 97.1 Å². The van der Waals surface area contributed by atoms with Gasteiger partial charge in [-0.25, -0.2) is 0 Å². The van der Waals surface area contributed by atoms with Gasteiger partial charge in [0.05, 0.1) is 0 Å². The molecule has 0 saturated heterocycles. The van der Waals surface area contributed by atoms with E-state index in [1.807, 2.05) is 48.5 Å². The molecule has 0 amide bonds. The molecule has 0 heterocycles. The highest BCUT2D eigenvalue weighted by Gasteiger charge is 2.10. The molecule has 4 rings (SSSR count). The van der Waals surface area contributed by atoms with Gasteiger partial charge in [0.25, 0.3) is 0 Å². The van der Waals surface area contributed by atoms with Crippen LogP contribution in [0.4, 0.5) is 0 Å². The molecule has 30 heavy (non-hydrogen) atoms. The number of ether oxygens (including phenoxy) is 2. The Bertz CT molecular complexity index is 1030. The summed E-state index contributed by atoms with van der Waals surface area (Å²) in [5.74, 6) is 3.17. The molecule has 0 fully saturated rings. The second kappa shape index (κ2) is 8.62. The van der Waals surface area contributed by atoms with E-state index in [1.54, 1.807) is 48.5 Å². The van der Waals surface area contributed by atoms with Crippen LogP contribution < -0.4 is 9.47 Å². The van der Waals surface area contributed by atoms with Gasteiger partial charge in [-0.3, -0.25) is 0 Å². The standard InChI is InChI=1S/C26H22O4/c1-18(19-8-12-23(13-9-19)29-25-6-2-4-21(27)16-25)20-10-14-24(15-11-20)30-26-7-3-5-22(28)17-26/h2-18,27-28H,1H3. The molecule has 4 heteroatoms. The minimum Gasteiger partial charge on any atom is -0.508 e. The van der Waals surface area contributed by atoms with E-state index in [2.05, 4.69) is 6.92 Å². The minimum absolute atomic E-state index is 0.175. The van der Waals surface area contributed by atoms with Crippen molar-refractivity contribution in [3.63, 3.8) is 0 Å². The molecule has 4 aromatic carbocycles. The summed E-state index contributed by atoms with van der Waals surface area (Å²) in [5, 5.41) is 19.1. The van der Waals surface area contributed by atoms with Crippen LogP contribution in [0.1, 0.15) is 24.0 Å². The van der Waals surface area contributed by atoms with Gasteiger partial charge in [-0.2, -0.15) is 0 Å². The molecule has 0 aliphatic heterocycles. The molecular formula is C26H22O4. The number of rotatable bonds is 6. The maximum Gasteiger partial charge on any atom is 0.131 e. The topological polar surface area (TPSA) is 58.9 Å². The molecule has 0 aliphatic carbocycles. The molecule has 4 nitrogen and oxygen atoms in total. The quantitative estimate of drug-likeness (QED) is 0.373. The Morgan fingerprint density at radius 1 is 0.533 bits per heavy atom. The fraction of sp³-hybridized carbons (Fsp3) is 0.0769. The lowest BCUT2D eigenvalue weighted by Gasteiger charge is -2.14. The summed E-state index contributed by atoms with van der Waals surface area (Å²) in [5.41, 5.74) is 2.33. The van der Waals surface area contributed by atoms with Gasteiger partial charge in [0, 0.05) is 18.1 Å². The molecule has 0 aliphatic rings. The first-order valence-corrected chi connectivity index (χ1v) is 9.70. The third-order valence-electron chi connectivity index (χ3n) is 4.87. The second-order valence-corrected chi connectivity index (χ2v) is 7.06. The molecule has 2 N–H and O–H groups in total. The SMILES string of the molecule is CC(c1ccc(Oc2cccc(O)c2)cc1)c1ccc(Oc2cccc(O)c2)cc1. The molecule has 4 aromatic rings. The Morgan fingerprint density at radius 3 is 1.30 bits per heavy atom. The van der Waals surface area contributed by atoms with Crippen molar-refractivity contribution in [2.24, 2.45) is 0 Å². The van der Waals surface area contributed by atoms with Gasteiger partial charge < -0.3 is 19.7 Å². The van der Waals surface area contributed by atoms with Gasteiger partial charge in [-0.1, -0.05) is 43.3 Å². The summed E-state index contributed by atoms with van der Waals surface area (Å²) in [7, 11) is 0. The predicted octanol–water partition coefficient (Wildman–Crippen LogP) is 6.83. The fourth-order valence-corrected chi connectivity index (χ4v) is 3.21. The van der Waals surface area contributed by atoms with Crippen LogP contribution in [-0.2, 0) is 0 Å². The largest absolute Gasteiger partial charge is 0.508 e. The normalized spacial score (nSPS) is 10.7. The van der Waals surface area contributed by atoms with E-state index < -0.39 is 0 Å². The summed E-state index contributed by atoms with van der Waals surface area (Å²) in [4.78, 5) is 0. The molecule has 0 bridgehead atoms. The molecule has 0 spiro atoms. The van der Waals surface area contributed by atoms with E-state index in [4.69, 9.17) is 9.47 Å². The van der Waals surface area contributed by atoms with E-state index in [-0.39, 0.29) is 17.4 Å². The highest BCUT2D eigenvalue weighted by molar-refractivity contribution is 5.41. The Labute approximate surface area is 175 Å². The van der Waals surface area contributed by atoms with Crippen LogP contribution >= 0.6 is 0 Å². The summed E-state index contributed by atoms with van der Waals surface area (Å²) >= 11 is 0. The Morgan fingerprint density at radius 2 is 0.933 bits per heavy atom. The number of hydrogen-bond acceptors (Lipinski definition) is 4. The van der Waals surface area contributed by atoms with Crippen molar-refractivity contribution >= 4 is 0 Å². The fourth-order valence-electron chi connectivity index (χ4n) is 3.21. The van der Waals surface area contributed by atoms with Crippen molar-refractivity contribution in [2.75, 3.05) is 0 Å². The van der Waals surface area contributed by atoms with Crippen LogP contribution in [0.25, 0.3) is 0 Å². The monoisotopic (exact) mass is 398 g/mol. The first-order chi connectivity index (χ1) is 14.6. The predicted molar refractivity (Wildman–Crippen MR) is 117 cm³/mol. The van der Waals surface area contributed by atoms with Crippen molar-refractivity contribution in [2.45, 2.75) is 12.8 Å². The van der Waals surface area contributed by atoms with Crippen LogP contribution in [0.5, 0.6) is 34.5 Å². The van der Waals surface area contributed by atoms with E-state index in [0.717, 1.165) is 0 Å². The van der Waals surface area contributed by atoms with E-state index in [0.29, 0.717) is 23.0 Å². The zero-order chi connectivity index (χ0) is 20.9. The van der Waals surface area contributed by atoms with Crippen molar-refractivity contribution in [1.29, 1.82) is 0 Å². The van der Waals surface area contributed by atoms with Crippen molar-refractivity contribution in [3.8, 4) is 34.5 Å². The highest BCUT2D eigenvalue weighted by Crippen LogP contribution is 2.31. The van der Waals surface area contributed by atoms with Gasteiger partial charge in [0.2, 0.25) is 0 Å². The average molecular weight is 398 g/mol. The Hall–Kier alpha value is -3.92. The summed E-state index contributed by atoms with van der Waals surface area (Å²) in [6.45, 7) is 2.15. The van der Waals surface area contributed by atoms with E-state index in [9.17, 15) is 10.2 Å². The minimum atomic E-state index is 0.175. The molecule has 0 saturated carbocycles. The van der Waals surface area contributed by atoms with E-state index in [1.165, 1.54) is 11.1 Å². The number of benzene rings is 4. The van der Waals surface area contributed by atoms with Crippen LogP contribution in [0.3, 0.4) is 0 Å². The van der Waals surface area contributed by atoms with Crippen LogP contribution in [0.2, 0.25) is 0 Å². The smallest absolute Gasteiger partial charge is 0.131 e. The molecule has 0 aromatic heterocycles. The van der Waals surface area contributed by atoms with Crippen LogP contribution in [-0.4, -0.2) is 10.2 Å². The van der Waals surface area contributed by atoms with Crippen molar-refractivity contribution in [3.05, 3.63) is 108 Å². The van der Waals surface area contributed by atoms with Gasteiger partial charge >= 0.3 is 0 Å². The molecule has 0 atom stereocenters. The lowest BCUT2D eigenvalue weighted by Crippen LogP contribution is -1.96. The summed E-state index contributed by atoms with van der Waals surface area (Å²) in [6.07, 6.45) is 0. The summed E-state index contributed by atoms with van der Waals surface area (Å²) < 4.78 is 11.6. The summed E-state index contributed by atoms with van der Waals surface area (Å²) in [6, 6.07) is 29.3. The van der Waals surface area contributed by atoms with Crippen LogP contribution in [0, 0.1) is 0 Å². The van der Waals surface area contributed by atoms with Crippen molar-refractivity contribution in [1.82, 2.24) is 0 Å². The van der Waals surface area contributed by atoms with Gasteiger partial charge in [-0.15, -0.1) is 0 Å². The Kier molecular flexibility index (Phi) is 5.57. The molecule has 0 radical (unpaired) electrons. The maximum absolute atomic E-state index is 9.55. The number of phenols is 2. The first-order valence-electron chi connectivity index (χ1n) is 9.70.